The van der Waals surface area contributed by atoms with Gasteiger partial charge in [-0.05, 0) is 30.4 Å². The minimum atomic E-state index is 0.563. The van der Waals surface area contributed by atoms with E-state index in [1.54, 1.807) is 0 Å². The predicted molar refractivity (Wildman–Crippen MR) is 72.0 cm³/mol. The van der Waals surface area contributed by atoms with Crippen molar-refractivity contribution in [3.8, 4) is 0 Å². The summed E-state index contributed by atoms with van der Waals surface area (Å²) in [6.45, 7) is 0. The lowest BCUT2D eigenvalue weighted by atomic mass is 10.1. The van der Waals surface area contributed by atoms with Crippen LogP contribution in [-0.4, -0.2) is 11.0 Å². The highest BCUT2D eigenvalue weighted by Gasteiger charge is 2.16. The van der Waals surface area contributed by atoms with Crippen LogP contribution in [0.1, 0.15) is 25.7 Å². The molecule has 17 heavy (non-hydrogen) atoms. The van der Waals surface area contributed by atoms with Crippen LogP contribution in [0.5, 0.6) is 0 Å². The number of anilines is 2. The summed E-state index contributed by atoms with van der Waals surface area (Å²) in [4.78, 5) is 4.44. The van der Waals surface area contributed by atoms with Crippen molar-refractivity contribution in [1.82, 2.24) is 4.98 Å². The third-order valence-corrected chi connectivity index (χ3v) is 3.52. The molecule has 1 aromatic heterocycles. The number of hydrogen-bond acceptors (Lipinski definition) is 3. The predicted octanol–water partition coefficient (Wildman–Crippen LogP) is 3.17. The lowest BCUT2D eigenvalue weighted by Gasteiger charge is -2.15. The Hall–Kier alpha value is -1.77. The van der Waals surface area contributed by atoms with Gasteiger partial charge < -0.3 is 11.1 Å². The SMILES string of the molecule is Nc1cccc2ccnc(NC3CCCC3)c12. The molecule has 1 saturated carbocycles. The topological polar surface area (TPSA) is 50.9 Å². The Balaban J connectivity index is 2.03. The number of hydrogen-bond donors (Lipinski definition) is 2. The van der Waals surface area contributed by atoms with Gasteiger partial charge in [0.1, 0.15) is 5.82 Å². The van der Waals surface area contributed by atoms with Gasteiger partial charge in [0.15, 0.2) is 0 Å². The molecule has 1 aliphatic rings. The Morgan fingerprint density at radius 2 is 2.00 bits per heavy atom. The Kier molecular flexibility index (Phi) is 2.59. The van der Waals surface area contributed by atoms with Gasteiger partial charge in [0, 0.05) is 23.3 Å². The van der Waals surface area contributed by atoms with E-state index >= 15 is 0 Å². The average Bonchev–Trinajstić information content (AvgIpc) is 2.82. The van der Waals surface area contributed by atoms with Crippen molar-refractivity contribution in [2.45, 2.75) is 31.7 Å². The van der Waals surface area contributed by atoms with Crippen molar-refractivity contribution in [2.75, 3.05) is 11.1 Å². The summed E-state index contributed by atoms with van der Waals surface area (Å²) in [6, 6.07) is 8.56. The van der Waals surface area contributed by atoms with Crippen LogP contribution in [0.15, 0.2) is 30.5 Å². The lowest BCUT2D eigenvalue weighted by Crippen LogP contribution is -2.15. The van der Waals surface area contributed by atoms with Gasteiger partial charge in [0.25, 0.3) is 0 Å². The first-order chi connectivity index (χ1) is 8.34. The summed E-state index contributed by atoms with van der Waals surface area (Å²) in [5.41, 5.74) is 6.85. The van der Waals surface area contributed by atoms with Gasteiger partial charge in [-0.2, -0.15) is 0 Å². The van der Waals surface area contributed by atoms with Crippen LogP contribution in [0.25, 0.3) is 10.8 Å². The van der Waals surface area contributed by atoms with Gasteiger partial charge in [-0.1, -0.05) is 25.0 Å². The molecule has 1 aromatic carbocycles. The van der Waals surface area contributed by atoms with Crippen molar-refractivity contribution in [3.05, 3.63) is 30.5 Å². The van der Waals surface area contributed by atoms with Gasteiger partial charge in [-0.25, -0.2) is 4.98 Å². The van der Waals surface area contributed by atoms with Gasteiger partial charge in [-0.15, -0.1) is 0 Å². The Labute approximate surface area is 101 Å². The van der Waals surface area contributed by atoms with E-state index in [0.29, 0.717) is 6.04 Å². The largest absolute Gasteiger partial charge is 0.398 e. The number of nitrogens with zero attached hydrogens (tertiary/aromatic N) is 1. The highest BCUT2D eigenvalue weighted by Crippen LogP contribution is 2.29. The standard InChI is InChI=1S/C14H17N3/c15-12-7-3-4-10-8-9-16-14(13(10)12)17-11-5-1-2-6-11/h3-4,7-9,11H,1-2,5-6,15H2,(H,16,17). The van der Waals surface area contributed by atoms with Gasteiger partial charge in [0.05, 0.1) is 0 Å². The van der Waals surface area contributed by atoms with E-state index in [-0.39, 0.29) is 0 Å². The van der Waals surface area contributed by atoms with E-state index < -0.39 is 0 Å². The van der Waals surface area contributed by atoms with Crippen molar-refractivity contribution in [2.24, 2.45) is 0 Å². The van der Waals surface area contributed by atoms with Crippen LogP contribution in [-0.2, 0) is 0 Å². The van der Waals surface area contributed by atoms with Gasteiger partial charge in [0.2, 0.25) is 0 Å². The molecule has 1 fully saturated rings. The molecule has 0 spiro atoms. The molecule has 3 rings (SSSR count). The molecule has 3 heteroatoms. The molecule has 0 saturated heterocycles. The molecule has 0 bridgehead atoms. The molecular formula is C14H17N3. The van der Waals surface area contributed by atoms with Crippen LogP contribution in [0, 0.1) is 0 Å². The van der Waals surface area contributed by atoms with Crippen LogP contribution in [0.3, 0.4) is 0 Å². The quantitative estimate of drug-likeness (QED) is 0.775. The molecule has 0 atom stereocenters. The Bertz CT molecular complexity index is 525. The van der Waals surface area contributed by atoms with E-state index in [9.17, 15) is 0 Å². The third kappa shape index (κ3) is 1.93. The fraction of sp³-hybridized carbons (Fsp3) is 0.357. The molecule has 1 heterocycles. The molecule has 3 N–H and O–H groups in total. The molecule has 0 radical (unpaired) electrons. The Morgan fingerprint density at radius 3 is 2.82 bits per heavy atom. The molecule has 0 amide bonds. The zero-order valence-electron chi connectivity index (χ0n) is 9.82. The molecule has 0 aliphatic heterocycles. The molecule has 0 unspecified atom stereocenters. The van der Waals surface area contributed by atoms with E-state index in [2.05, 4.69) is 16.4 Å². The second-order valence-corrected chi connectivity index (χ2v) is 4.73. The first kappa shape index (κ1) is 10.4. The fourth-order valence-corrected chi connectivity index (χ4v) is 2.63. The number of pyridine rings is 1. The lowest BCUT2D eigenvalue weighted by molar-refractivity contribution is 0.752. The van der Waals surface area contributed by atoms with Crippen LogP contribution in [0.2, 0.25) is 0 Å². The van der Waals surface area contributed by atoms with Gasteiger partial charge in [-0.3, -0.25) is 0 Å². The number of nitrogens with two attached hydrogens (primary N) is 1. The first-order valence-electron chi connectivity index (χ1n) is 6.24. The second-order valence-electron chi connectivity index (χ2n) is 4.73. The molecule has 1 aliphatic carbocycles. The summed E-state index contributed by atoms with van der Waals surface area (Å²) in [7, 11) is 0. The summed E-state index contributed by atoms with van der Waals surface area (Å²) >= 11 is 0. The zero-order valence-corrected chi connectivity index (χ0v) is 9.82. The van der Waals surface area contributed by atoms with Crippen LogP contribution >= 0.6 is 0 Å². The summed E-state index contributed by atoms with van der Waals surface area (Å²) < 4.78 is 0. The molecule has 3 nitrogen and oxygen atoms in total. The van der Waals surface area contributed by atoms with E-state index in [1.807, 2.05) is 24.4 Å². The third-order valence-electron chi connectivity index (χ3n) is 3.52. The molecular weight excluding hydrogens is 210 g/mol. The number of rotatable bonds is 2. The molecule has 88 valence electrons. The zero-order chi connectivity index (χ0) is 11.7. The minimum absolute atomic E-state index is 0.563. The van der Waals surface area contributed by atoms with Crippen LogP contribution in [0.4, 0.5) is 11.5 Å². The van der Waals surface area contributed by atoms with Crippen molar-refractivity contribution < 1.29 is 0 Å². The van der Waals surface area contributed by atoms with Crippen LogP contribution < -0.4 is 11.1 Å². The van der Waals surface area contributed by atoms with E-state index in [4.69, 9.17) is 5.73 Å². The number of aromatic nitrogens is 1. The summed E-state index contributed by atoms with van der Waals surface area (Å²) in [6.07, 6.45) is 6.96. The Morgan fingerprint density at radius 1 is 1.18 bits per heavy atom. The maximum atomic E-state index is 6.05. The van der Waals surface area contributed by atoms with Crippen molar-refractivity contribution in [3.63, 3.8) is 0 Å². The summed E-state index contributed by atoms with van der Waals surface area (Å²) in [5.74, 6) is 0.938. The maximum Gasteiger partial charge on any atom is 0.136 e. The van der Waals surface area contributed by atoms with Gasteiger partial charge >= 0.3 is 0 Å². The highest BCUT2D eigenvalue weighted by molar-refractivity contribution is 6.00. The summed E-state index contributed by atoms with van der Waals surface area (Å²) in [5, 5.41) is 5.74. The maximum absolute atomic E-state index is 6.05. The first-order valence-corrected chi connectivity index (χ1v) is 6.24. The minimum Gasteiger partial charge on any atom is -0.398 e. The highest BCUT2D eigenvalue weighted by atomic mass is 15.0. The number of benzene rings is 1. The average molecular weight is 227 g/mol. The van der Waals surface area contributed by atoms with Crippen molar-refractivity contribution >= 4 is 22.3 Å². The number of nitrogen functional groups attached to an aromatic ring is 1. The normalized spacial score (nSPS) is 16.5. The van der Waals surface area contributed by atoms with E-state index in [0.717, 1.165) is 22.3 Å². The fourth-order valence-electron chi connectivity index (χ4n) is 2.63. The van der Waals surface area contributed by atoms with E-state index in [1.165, 1.54) is 25.7 Å². The van der Waals surface area contributed by atoms with Crippen molar-refractivity contribution in [1.29, 1.82) is 0 Å². The number of nitrogens with one attached hydrogen (secondary N) is 1. The smallest absolute Gasteiger partial charge is 0.136 e. The number of fused-ring (bicyclic) bond motifs is 1. The molecule has 2 aromatic rings. The monoisotopic (exact) mass is 227 g/mol. The second kappa shape index (κ2) is 4.24.